The maximum atomic E-state index is 12.8. The molecule has 1 aromatic heterocycles. The molecule has 0 saturated carbocycles. The van der Waals surface area contributed by atoms with Gasteiger partial charge in [-0.25, -0.2) is 9.59 Å². The number of piperazine rings is 1. The maximum Gasteiger partial charge on any atom is 0.410 e. The molecule has 2 aliphatic rings. The summed E-state index contributed by atoms with van der Waals surface area (Å²) in [5.74, 6) is 0.242. The van der Waals surface area contributed by atoms with Gasteiger partial charge in [-0.15, -0.1) is 0 Å². The Labute approximate surface area is 180 Å². The van der Waals surface area contributed by atoms with E-state index >= 15 is 0 Å². The highest BCUT2D eigenvalue weighted by Gasteiger charge is 2.41. The van der Waals surface area contributed by atoms with Crippen molar-refractivity contribution >= 4 is 34.7 Å². The number of amidine groups is 1. The number of ether oxygens (including phenoxy) is 1. The summed E-state index contributed by atoms with van der Waals surface area (Å²) in [5.41, 5.74) is -0.360. The minimum atomic E-state index is -0.585. The standard InChI is InChI=1S/C19H29ClN6O4/c1-6-7-12(27)26-15(13-14(22-16(26)20)23(5)17(28)21-13)24-8-10-25(11-9-24)18(29)30-19(2,3)4/h15H,6-11H2,1-5H3,(H,21,28). The van der Waals surface area contributed by atoms with Gasteiger partial charge in [0.25, 0.3) is 0 Å². The first-order valence-electron chi connectivity index (χ1n) is 10.1. The van der Waals surface area contributed by atoms with Crippen LogP contribution in [0.1, 0.15) is 52.4 Å². The number of hydrogen-bond acceptors (Lipinski definition) is 6. The molecule has 166 valence electrons. The van der Waals surface area contributed by atoms with Gasteiger partial charge < -0.3 is 14.6 Å². The van der Waals surface area contributed by atoms with Crippen molar-refractivity contribution in [3.8, 4) is 0 Å². The summed E-state index contributed by atoms with van der Waals surface area (Å²) in [6.45, 7) is 9.24. The maximum absolute atomic E-state index is 12.8. The lowest BCUT2D eigenvalue weighted by atomic mass is 10.1. The molecule has 11 heteroatoms. The van der Waals surface area contributed by atoms with Crippen LogP contribution in [0, 0.1) is 0 Å². The zero-order chi connectivity index (χ0) is 22.2. The molecule has 10 nitrogen and oxygen atoms in total. The van der Waals surface area contributed by atoms with Gasteiger partial charge in [-0.3, -0.25) is 19.2 Å². The summed E-state index contributed by atoms with van der Waals surface area (Å²) in [6.07, 6.45) is 0.0282. The van der Waals surface area contributed by atoms with Crippen LogP contribution in [0.5, 0.6) is 0 Å². The fourth-order valence-corrected chi connectivity index (χ4v) is 3.88. The third-order valence-electron chi connectivity index (χ3n) is 5.05. The van der Waals surface area contributed by atoms with Gasteiger partial charge in [0, 0.05) is 39.6 Å². The van der Waals surface area contributed by atoms with Gasteiger partial charge in [0.05, 0.1) is 0 Å². The summed E-state index contributed by atoms with van der Waals surface area (Å²) in [4.78, 5) is 49.7. The van der Waals surface area contributed by atoms with Crippen molar-refractivity contribution in [2.24, 2.45) is 12.0 Å². The number of fused-ring (bicyclic) bond motifs is 1. The number of nitrogens with one attached hydrogen (secondary N) is 1. The molecule has 1 unspecified atom stereocenters. The van der Waals surface area contributed by atoms with Crippen molar-refractivity contribution in [1.82, 2.24) is 24.3 Å². The van der Waals surface area contributed by atoms with E-state index in [1.54, 1.807) is 11.9 Å². The van der Waals surface area contributed by atoms with Crippen molar-refractivity contribution < 1.29 is 14.3 Å². The van der Waals surface area contributed by atoms with E-state index < -0.39 is 11.8 Å². The highest BCUT2D eigenvalue weighted by atomic mass is 35.5. The van der Waals surface area contributed by atoms with Crippen molar-refractivity contribution in [3.63, 3.8) is 0 Å². The van der Waals surface area contributed by atoms with Crippen molar-refractivity contribution in [2.75, 3.05) is 26.2 Å². The zero-order valence-electron chi connectivity index (χ0n) is 18.1. The van der Waals surface area contributed by atoms with E-state index in [-0.39, 0.29) is 23.0 Å². The Morgan fingerprint density at radius 3 is 2.43 bits per heavy atom. The van der Waals surface area contributed by atoms with Gasteiger partial charge in [0.1, 0.15) is 17.5 Å². The molecule has 30 heavy (non-hydrogen) atoms. The molecule has 2 amide bonds. The Balaban J connectivity index is 1.86. The molecule has 1 N–H and O–H groups in total. The highest BCUT2D eigenvalue weighted by molar-refractivity contribution is 6.66. The number of halogens is 1. The van der Waals surface area contributed by atoms with Crippen LogP contribution in [0.3, 0.4) is 0 Å². The van der Waals surface area contributed by atoms with Crippen molar-refractivity contribution in [2.45, 2.75) is 52.3 Å². The summed E-state index contributed by atoms with van der Waals surface area (Å²) >= 11 is 6.40. The third-order valence-corrected chi connectivity index (χ3v) is 5.32. The summed E-state index contributed by atoms with van der Waals surface area (Å²) in [6, 6.07) is 0. The number of H-pyrrole nitrogens is 1. The van der Waals surface area contributed by atoms with E-state index in [1.165, 1.54) is 9.47 Å². The lowest BCUT2D eigenvalue weighted by Crippen LogP contribution is -2.55. The minimum Gasteiger partial charge on any atom is -0.444 e. The Bertz CT molecular complexity index is 907. The first kappa shape index (κ1) is 22.4. The highest BCUT2D eigenvalue weighted by Crippen LogP contribution is 2.37. The molecule has 0 aliphatic carbocycles. The molecule has 1 atom stereocenters. The average Bonchev–Trinajstić information content (AvgIpc) is 2.94. The van der Waals surface area contributed by atoms with Crippen molar-refractivity contribution in [1.29, 1.82) is 0 Å². The minimum absolute atomic E-state index is 0.0371. The van der Waals surface area contributed by atoms with E-state index in [4.69, 9.17) is 16.3 Å². The van der Waals surface area contributed by atoms with Crippen LogP contribution in [0.4, 0.5) is 10.6 Å². The molecule has 3 rings (SSSR count). The smallest absolute Gasteiger partial charge is 0.410 e. The van der Waals surface area contributed by atoms with Gasteiger partial charge in [0.2, 0.25) is 11.2 Å². The number of hydrogen-bond donors (Lipinski definition) is 1. The van der Waals surface area contributed by atoms with E-state index in [1.807, 2.05) is 32.6 Å². The molecule has 0 bridgehead atoms. The van der Waals surface area contributed by atoms with E-state index in [2.05, 4.69) is 9.98 Å². The first-order chi connectivity index (χ1) is 14.0. The molecular weight excluding hydrogens is 412 g/mol. The normalized spacial score (nSPS) is 20.1. The number of imidazole rings is 1. The predicted octanol–water partition coefficient (Wildman–Crippen LogP) is 2.13. The van der Waals surface area contributed by atoms with Crippen LogP contribution >= 0.6 is 11.6 Å². The van der Waals surface area contributed by atoms with Gasteiger partial charge >= 0.3 is 11.8 Å². The van der Waals surface area contributed by atoms with E-state index in [0.717, 1.165) is 0 Å². The lowest BCUT2D eigenvalue weighted by Gasteiger charge is -2.43. The Morgan fingerprint density at radius 2 is 1.87 bits per heavy atom. The molecule has 0 spiro atoms. The molecule has 2 aliphatic heterocycles. The number of aromatic nitrogens is 2. The number of amides is 2. The summed E-state index contributed by atoms with van der Waals surface area (Å²) in [7, 11) is 1.60. The number of carbonyl (C=O) groups is 2. The van der Waals surface area contributed by atoms with Crippen LogP contribution in [0.2, 0.25) is 0 Å². The predicted molar refractivity (Wildman–Crippen MR) is 113 cm³/mol. The molecule has 3 heterocycles. The van der Waals surface area contributed by atoms with E-state index in [9.17, 15) is 14.4 Å². The average molecular weight is 441 g/mol. The fraction of sp³-hybridized carbons (Fsp3) is 0.684. The van der Waals surface area contributed by atoms with E-state index in [0.29, 0.717) is 50.5 Å². The molecule has 1 saturated heterocycles. The van der Waals surface area contributed by atoms with Crippen molar-refractivity contribution in [3.05, 3.63) is 16.2 Å². The van der Waals surface area contributed by atoms with Crippen LogP contribution in [-0.4, -0.2) is 73.3 Å². The summed E-state index contributed by atoms with van der Waals surface area (Å²) in [5, 5.41) is 0.0371. The molecule has 1 fully saturated rings. The number of rotatable bonds is 3. The Kier molecular flexibility index (Phi) is 6.28. The van der Waals surface area contributed by atoms with Crippen LogP contribution in [-0.2, 0) is 16.6 Å². The first-order valence-corrected chi connectivity index (χ1v) is 10.5. The number of aliphatic imine (C=N–C) groups is 1. The second-order valence-electron chi connectivity index (χ2n) is 8.50. The molecule has 0 aromatic carbocycles. The van der Waals surface area contributed by atoms with Gasteiger partial charge in [-0.2, -0.15) is 4.99 Å². The van der Waals surface area contributed by atoms with Crippen LogP contribution < -0.4 is 5.69 Å². The van der Waals surface area contributed by atoms with Crippen LogP contribution in [0.15, 0.2) is 9.79 Å². The Morgan fingerprint density at radius 1 is 1.23 bits per heavy atom. The monoisotopic (exact) mass is 440 g/mol. The Hall–Kier alpha value is -2.33. The summed E-state index contributed by atoms with van der Waals surface area (Å²) < 4.78 is 6.83. The van der Waals surface area contributed by atoms with Gasteiger partial charge in [-0.05, 0) is 38.8 Å². The molecule has 1 aromatic rings. The quantitative estimate of drug-likeness (QED) is 0.725. The van der Waals surface area contributed by atoms with Gasteiger partial charge in [-0.1, -0.05) is 6.92 Å². The fourth-order valence-electron chi connectivity index (χ4n) is 3.61. The molecular formula is C19H29ClN6O4. The third kappa shape index (κ3) is 4.39. The van der Waals surface area contributed by atoms with Crippen LogP contribution in [0.25, 0.3) is 0 Å². The number of aromatic amines is 1. The topological polar surface area (TPSA) is 103 Å². The second kappa shape index (κ2) is 8.43. The number of carbonyl (C=O) groups excluding carboxylic acids is 2. The lowest BCUT2D eigenvalue weighted by molar-refractivity contribution is -0.133. The molecule has 0 radical (unpaired) electrons. The largest absolute Gasteiger partial charge is 0.444 e. The zero-order valence-corrected chi connectivity index (χ0v) is 18.8. The van der Waals surface area contributed by atoms with Gasteiger partial charge in [0.15, 0.2) is 5.82 Å². The number of nitrogens with zero attached hydrogens (tertiary/aromatic N) is 5. The SMILES string of the molecule is CCCC(=O)N1C(Cl)=Nc2c([nH]c(=O)n2C)C1N1CCN(C(=O)OC(C)(C)C)CC1. The second-order valence-corrected chi connectivity index (χ2v) is 8.84.